The molecule has 0 unspecified atom stereocenters. The van der Waals surface area contributed by atoms with Gasteiger partial charge in [-0.3, -0.25) is 0 Å². The first-order valence-corrected chi connectivity index (χ1v) is 4.54. The van der Waals surface area contributed by atoms with Gasteiger partial charge in [0.2, 0.25) is 0 Å². The molecule has 0 fully saturated rings. The highest BCUT2D eigenvalue weighted by Gasteiger charge is 2.18. The molecule has 0 aliphatic carbocycles. The molecule has 0 heterocycles. The molecule has 2 N–H and O–H groups in total. The first kappa shape index (κ1) is 12.3. The predicted molar refractivity (Wildman–Crippen MR) is 55.8 cm³/mol. The second kappa shape index (κ2) is 5.37. The molecule has 0 atom stereocenters. The average Bonchev–Trinajstić information content (AvgIpc) is 2.25. The number of esters is 1. The predicted octanol–water partition coefficient (Wildman–Crippen LogP) is 1.72. The molecule has 0 saturated carbocycles. The normalized spacial score (nSPS) is 10.8. The monoisotopic (exact) mass is 227 g/mol. The number of ether oxygens (including phenoxy) is 1. The van der Waals surface area contributed by atoms with Gasteiger partial charge in [0, 0.05) is 6.54 Å². The Morgan fingerprint density at radius 2 is 2.00 bits per heavy atom. The average molecular weight is 227 g/mol. The van der Waals surface area contributed by atoms with Gasteiger partial charge in [-0.05, 0) is 17.7 Å². The van der Waals surface area contributed by atoms with E-state index < -0.39 is 23.2 Å². The van der Waals surface area contributed by atoms with Crippen LogP contribution >= 0.6 is 0 Å². The second-order valence-corrected chi connectivity index (χ2v) is 2.99. The van der Waals surface area contributed by atoms with Crippen LogP contribution < -0.4 is 5.73 Å². The van der Waals surface area contributed by atoms with Gasteiger partial charge >= 0.3 is 5.97 Å². The number of nitrogens with two attached hydrogens (primary N) is 1. The third-order valence-electron chi connectivity index (χ3n) is 1.90. The number of carbonyl (C=O) groups is 1. The van der Waals surface area contributed by atoms with Crippen LogP contribution in [0, 0.1) is 11.6 Å². The highest BCUT2D eigenvalue weighted by Crippen LogP contribution is 2.17. The number of halogens is 2. The van der Waals surface area contributed by atoms with Crippen LogP contribution in [0.25, 0.3) is 6.08 Å². The number of rotatable bonds is 3. The second-order valence-electron chi connectivity index (χ2n) is 2.99. The minimum atomic E-state index is -1.04. The Kier molecular flexibility index (Phi) is 4.13. The molecule has 0 radical (unpaired) electrons. The van der Waals surface area contributed by atoms with Crippen LogP contribution in [-0.4, -0.2) is 19.6 Å². The SMILES string of the molecule is COC(=O)c1c(F)cc(C=CCN)cc1F. The van der Waals surface area contributed by atoms with E-state index in [0.29, 0.717) is 5.56 Å². The number of carbonyl (C=O) groups excluding carboxylic acids is 1. The molecule has 1 aromatic carbocycles. The summed E-state index contributed by atoms with van der Waals surface area (Å²) in [6, 6.07) is 2.09. The van der Waals surface area contributed by atoms with Gasteiger partial charge in [0.05, 0.1) is 7.11 Å². The summed E-state index contributed by atoms with van der Waals surface area (Å²) in [6.07, 6.45) is 3.01. The van der Waals surface area contributed by atoms with E-state index in [1.165, 1.54) is 6.08 Å². The zero-order chi connectivity index (χ0) is 12.1. The van der Waals surface area contributed by atoms with Gasteiger partial charge in [0.25, 0.3) is 0 Å². The Labute approximate surface area is 91.5 Å². The molecule has 1 rings (SSSR count). The minimum absolute atomic E-state index is 0.266. The van der Waals surface area contributed by atoms with Crippen molar-refractivity contribution in [3.05, 3.63) is 41.0 Å². The van der Waals surface area contributed by atoms with Crippen molar-refractivity contribution in [2.45, 2.75) is 0 Å². The van der Waals surface area contributed by atoms with E-state index in [0.717, 1.165) is 19.2 Å². The lowest BCUT2D eigenvalue weighted by Gasteiger charge is -2.04. The molecule has 0 aliphatic heterocycles. The Morgan fingerprint density at radius 3 is 2.44 bits per heavy atom. The summed E-state index contributed by atoms with van der Waals surface area (Å²) in [6.45, 7) is 0.266. The molecule has 0 bridgehead atoms. The molecule has 86 valence electrons. The Bertz CT molecular complexity index is 407. The van der Waals surface area contributed by atoms with Crippen LogP contribution in [0.1, 0.15) is 15.9 Å². The van der Waals surface area contributed by atoms with Crippen LogP contribution in [-0.2, 0) is 4.74 Å². The van der Waals surface area contributed by atoms with Gasteiger partial charge in [-0.15, -0.1) is 0 Å². The van der Waals surface area contributed by atoms with Crippen molar-refractivity contribution in [2.75, 3.05) is 13.7 Å². The van der Waals surface area contributed by atoms with E-state index >= 15 is 0 Å². The summed E-state index contributed by atoms with van der Waals surface area (Å²) < 4.78 is 31.0. The molecule has 5 heteroatoms. The molecule has 16 heavy (non-hydrogen) atoms. The van der Waals surface area contributed by atoms with Crippen LogP contribution in [0.15, 0.2) is 18.2 Å². The summed E-state index contributed by atoms with van der Waals surface area (Å²) in [5.74, 6) is -2.95. The summed E-state index contributed by atoms with van der Waals surface area (Å²) in [4.78, 5) is 11.0. The lowest BCUT2D eigenvalue weighted by Crippen LogP contribution is -2.08. The van der Waals surface area contributed by atoms with E-state index in [-0.39, 0.29) is 6.54 Å². The van der Waals surface area contributed by atoms with E-state index in [4.69, 9.17) is 5.73 Å². The smallest absolute Gasteiger partial charge is 0.343 e. The summed E-state index contributed by atoms with van der Waals surface area (Å²) in [5.41, 5.74) is 4.82. The lowest BCUT2D eigenvalue weighted by molar-refractivity contribution is 0.0590. The molecule has 0 saturated heterocycles. The third-order valence-corrected chi connectivity index (χ3v) is 1.90. The maximum atomic E-state index is 13.4. The zero-order valence-electron chi connectivity index (χ0n) is 8.67. The number of benzene rings is 1. The molecule has 0 aromatic heterocycles. The number of hydrogen-bond donors (Lipinski definition) is 1. The molecule has 3 nitrogen and oxygen atoms in total. The van der Waals surface area contributed by atoms with Crippen LogP contribution in [0.3, 0.4) is 0 Å². The zero-order valence-corrected chi connectivity index (χ0v) is 8.67. The van der Waals surface area contributed by atoms with Crippen molar-refractivity contribution >= 4 is 12.0 Å². The summed E-state index contributed by atoms with van der Waals surface area (Å²) >= 11 is 0. The van der Waals surface area contributed by atoms with Crippen molar-refractivity contribution in [3.63, 3.8) is 0 Å². The lowest BCUT2D eigenvalue weighted by atomic mass is 10.1. The van der Waals surface area contributed by atoms with E-state index in [9.17, 15) is 13.6 Å². The van der Waals surface area contributed by atoms with Gasteiger partial charge in [0.1, 0.15) is 17.2 Å². The minimum Gasteiger partial charge on any atom is -0.465 e. The maximum Gasteiger partial charge on any atom is 0.343 e. The molecular weight excluding hydrogens is 216 g/mol. The highest BCUT2D eigenvalue weighted by atomic mass is 19.1. The quantitative estimate of drug-likeness (QED) is 0.800. The van der Waals surface area contributed by atoms with Gasteiger partial charge < -0.3 is 10.5 Å². The van der Waals surface area contributed by atoms with Crippen molar-refractivity contribution in [3.8, 4) is 0 Å². The molecule has 1 aromatic rings. The van der Waals surface area contributed by atoms with Crippen molar-refractivity contribution in [1.82, 2.24) is 0 Å². The Morgan fingerprint density at radius 1 is 1.44 bits per heavy atom. The van der Waals surface area contributed by atoms with Gasteiger partial charge in [-0.2, -0.15) is 0 Å². The molecule has 0 amide bonds. The summed E-state index contributed by atoms with van der Waals surface area (Å²) in [7, 11) is 1.06. The fourth-order valence-corrected chi connectivity index (χ4v) is 1.19. The van der Waals surface area contributed by atoms with Crippen molar-refractivity contribution in [1.29, 1.82) is 0 Å². The summed E-state index contributed by atoms with van der Waals surface area (Å²) in [5, 5.41) is 0. The number of hydrogen-bond acceptors (Lipinski definition) is 3. The molecule has 0 spiro atoms. The fourth-order valence-electron chi connectivity index (χ4n) is 1.19. The van der Waals surface area contributed by atoms with Crippen molar-refractivity contribution in [2.24, 2.45) is 5.73 Å². The first-order chi connectivity index (χ1) is 7.60. The van der Waals surface area contributed by atoms with E-state index in [1.807, 2.05) is 0 Å². The van der Waals surface area contributed by atoms with E-state index in [1.54, 1.807) is 6.08 Å². The van der Waals surface area contributed by atoms with Crippen LogP contribution in [0.4, 0.5) is 8.78 Å². The fraction of sp³-hybridized carbons (Fsp3) is 0.182. The van der Waals surface area contributed by atoms with Gasteiger partial charge in [0.15, 0.2) is 0 Å². The van der Waals surface area contributed by atoms with Gasteiger partial charge in [-0.25, -0.2) is 13.6 Å². The Hall–Kier alpha value is -1.75. The van der Waals surface area contributed by atoms with Crippen molar-refractivity contribution < 1.29 is 18.3 Å². The molecule has 0 aliphatic rings. The van der Waals surface area contributed by atoms with E-state index in [2.05, 4.69) is 4.74 Å². The number of methoxy groups -OCH3 is 1. The standard InChI is InChI=1S/C11H11F2NO2/c1-16-11(15)10-8(12)5-7(3-2-4-14)6-9(10)13/h2-3,5-6H,4,14H2,1H3. The van der Waals surface area contributed by atoms with Gasteiger partial charge in [-0.1, -0.05) is 12.2 Å². The Balaban J connectivity index is 3.17. The highest BCUT2D eigenvalue weighted by molar-refractivity contribution is 5.90. The topological polar surface area (TPSA) is 52.3 Å². The first-order valence-electron chi connectivity index (χ1n) is 4.54. The maximum absolute atomic E-state index is 13.4. The largest absolute Gasteiger partial charge is 0.465 e. The van der Waals surface area contributed by atoms with Crippen LogP contribution in [0.2, 0.25) is 0 Å². The third kappa shape index (κ3) is 2.64. The van der Waals surface area contributed by atoms with Crippen LogP contribution in [0.5, 0.6) is 0 Å². The molecular formula is C11H11F2NO2.